The number of rotatable bonds is 18. The van der Waals surface area contributed by atoms with Crippen molar-refractivity contribution in [2.75, 3.05) is 0 Å². The Balaban J connectivity index is 1.43. The molecule has 4 aliphatic rings. The summed E-state index contributed by atoms with van der Waals surface area (Å²) in [5.74, 6) is 0. The first-order valence-corrected chi connectivity index (χ1v) is 32.1. The van der Waals surface area contributed by atoms with Gasteiger partial charge in [-0.2, -0.15) is 0 Å². The summed E-state index contributed by atoms with van der Waals surface area (Å²) in [5, 5.41) is 0. The molecule has 0 fully saturated rings. The summed E-state index contributed by atoms with van der Waals surface area (Å²) < 4.78 is 0. The molecule has 428 valence electrons. The molecule has 16 bridgehead atoms. The predicted octanol–water partition coefficient (Wildman–Crippen LogP) is 20.5. The van der Waals surface area contributed by atoms with E-state index in [1.165, 1.54) is 89.1 Å². The molecule has 0 radical (unpaired) electrons. The van der Waals surface area contributed by atoms with Gasteiger partial charge in [-0.25, -0.2) is 19.9 Å². The zero-order chi connectivity index (χ0) is 58.3. The maximum absolute atomic E-state index is 5.90. The number of fused-ring (bicyclic) bond motifs is 16. The summed E-state index contributed by atoms with van der Waals surface area (Å²) >= 11 is 0. The van der Waals surface area contributed by atoms with E-state index in [-0.39, 0.29) is 0 Å². The Morgan fingerprint density at radius 1 is 0.244 bits per heavy atom. The van der Waals surface area contributed by atoms with Crippen molar-refractivity contribution < 1.29 is 0 Å². The van der Waals surface area contributed by atoms with E-state index in [0.29, 0.717) is 0 Å². The molecule has 10 rings (SSSR count). The number of aryl methyl sites for hydroxylation is 8. The summed E-state index contributed by atoms with van der Waals surface area (Å²) in [4.78, 5) is 39.2. The van der Waals surface area contributed by atoms with E-state index in [2.05, 4.69) is 179 Å². The van der Waals surface area contributed by atoms with Crippen LogP contribution in [0.4, 0.5) is 0 Å². The lowest BCUT2D eigenvalue weighted by atomic mass is 9.94. The Kier molecular flexibility index (Phi) is 17.3. The Morgan fingerprint density at radius 2 is 0.451 bits per heavy atom. The normalized spacial score (nSPS) is 13.9. The summed E-state index contributed by atoms with van der Waals surface area (Å²) in [5.41, 5.74) is 41.2. The molecular weight excluding hydrogens is 1000 g/mol. The van der Waals surface area contributed by atoms with Crippen LogP contribution >= 0.6 is 0 Å². The fourth-order valence-corrected chi connectivity index (χ4v) is 14.9. The Hall–Kier alpha value is -7.06. The van der Waals surface area contributed by atoms with Crippen LogP contribution in [0.25, 0.3) is 101 Å². The van der Waals surface area contributed by atoms with Gasteiger partial charge in [-0.05, 0) is 240 Å². The maximum atomic E-state index is 5.90. The molecule has 4 N–H and O–H groups in total. The third-order valence-electron chi connectivity index (χ3n) is 18.7. The molecule has 0 spiro atoms. The van der Waals surface area contributed by atoms with Gasteiger partial charge in [0, 0.05) is 44.2 Å². The van der Waals surface area contributed by atoms with Crippen LogP contribution in [0.2, 0.25) is 0 Å². The van der Waals surface area contributed by atoms with Gasteiger partial charge in [0.25, 0.3) is 0 Å². The average molecular weight is 1090 g/mol. The lowest BCUT2D eigenvalue weighted by molar-refractivity contribution is 1.07. The van der Waals surface area contributed by atoms with Crippen LogP contribution in [-0.4, -0.2) is 39.9 Å². The molecule has 8 nitrogen and oxygen atoms in total. The second kappa shape index (κ2) is 24.4. The van der Waals surface area contributed by atoms with E-state index >= 15 is 0 Å². The minimum absolute atomic E-state index is 0.854. The van der Waals surface area contributed by atoms with Gasteiger partial charge in [0.15, 0.2) is 0 Å². The molecule has 0 aromatic carbocycles. The van der Waals surface area contributed by atoms with E-state index in [9.17, 15) is 0 Å². The summed E-state index contributed by atoms with van der Waals surface area (Å²) in [6.07, 6.45) is 19.2. The van der Waals surface area contributed by atoms with Crippen molar-refractivity contribution in [1.82, 2.24) is 39.9 Å². The van der Waals surface area contributed by atoms with Gasteiger partial charge in [0.2, 0.25) is 0 Å². The fourth-order valence-electron chi connectivity index (χ4n) is 14.9. The van der Waals surface area contributed by atoms with Crippen molar-refractivity contribution in [3.8, 4) is 0 Å². The van der Waals surface area contributed by atoms with Gasteiger partial charge in [-0.15, -0.1) is 0 Å². The van der Waals surface area contributed by atoms with Crippen LogP contribution in [-0.2, 0) is 51.4 Å². The number of allylic oxidation sites excluding steroid dienone is 8. The number of nitrogens with one attached hydrogen (secondary N) is 4. The zero-order valence-electron chi connectivity index (χ0n) is 52.7. The second-order valence-electron chi connectivity index (χ2n) is 22.5. The van der Waals surface area contributed by atoms with Crippen LogP contribution in [0.15, 0.2) is 36.4 Å². The second-order valence-corrected chi connectivity index (χ2v) is 22.5. The van der Waals surface area contributed by atoms with Crippen LogP contribution in [0, 0.1) is 0 Å². The van der Waals surface area contributed by atoms with Crippen LogP contribution < -0.4 is 0 Å². The summed E-state index contributed by atoms with van der Waals surface area (Å²) in [7, 11) is 0. The van der Waals surface area contributed by atoms with Crippen molar-refractivity contribution in [2.24, 2.45) is 0 Å². The number of aromatic nitrogens is 8. The number of hydrogen-bond donors (Lipinski definition) is 4. The topological polar surface area (TPSA) is 115 Å². The van der Waals surface area contributed by atoms with Gasteiger partial charge in [-0.1, -0.05) is 111 Å². The molecule has 4 aliphatic heterocycles. The molecule has 0 amide bonds. The highest BCUT2D eigenvalue weighted by Gasteiger charge is 2.28. The molecule has 10 heterocycles. The molecule has 6 aromatic heterocycles. The predicted molar refractivity (Wildman–Crippen MR) is 356 cm³/mol. The molecule has 8 heteroatoms. The standard InChI is InChI=1S/C74H92N8/c1-17-41-45(21-5)63-37-67-49(25-9)53(29-13)71(79-67)57(72-54(30-14)50(26-10)68(80-72)38-64-46(22-6)42(18-2)60(76-64)35-59(41)75-63)33-34-58-73-55(31-15)51(27-11)69(81-73)39-65-47(23-7)43(19-3)61(77-65)36-62-44(20-4)48(24-8)66(78-62)40-70-52(28-12)56(32-16)74(58)82-70/h33-40,75,77,80,82H,17-32H2,1-16H3/b34-33+,59-35?,60-35?,61-36?,62-36?,63-37?,64-38?,65-39?,66-40?,67-37?,68-38?,69-39?,70-40?,71-57?,72-57?,73-58?,74-58?. The van der Waals surface area contributed by atoms with Gasteiger partial charge in [0.05, 0.1) is 56.6 Å². The van der Waals surface area contributed by atoms with Crippen LogP contribution in [0.3, 0.4) is 0 Å². The van der Waals surface area contributed by atoms with Crippen LogP contribution in [0.1, 0.15) is 263 Å². The molecule has 0 aliphatic carbocycles. The SMILES string of the molecule is CCC1=C(CC)c2cc3[nH]c(c(/C=C/c4c5nc(cc6[nH]c(cc7nc(cc8[nH]c4c(CC)c8CC)C(CC)=C7CC)c(CC)c6CC)C(CC)=C5CC)c4nc(cc5[nH]c(cc1n2)c(CC)c5CC)C(CC)=C4CC)c(CC)c3CC. The molecule has 0 saturated carbocycles. The average Bonchev–Trinajstić information content (AvgIpc) is 4.55. The highest BCUT2D eigenvalue weighted by atomic mass is 14.8. The summed E-state index contributed by atoms with van der Waals surface area (Å²) in [6.45, 7) is 36.9. The van der Waals surface area contributed by atoms with Crippen molar-refractivity contribution in [3.63, 3.8) is 0 Å². The van der Waals surface area contributed by atoms with Gasteiger partial charge < -0.3 is 19.9 Å². The fraction of sp³-hybridized carbons (Fsp3) is 0.432. The molecule has 82 heavy (non-hydrogen) atoms. The third-order valence-corrected chi connectivity index (χ3v) is 18.7. The minimum atomic E-state index is 0.854. The first kappa shape index (κ1) is 58.1. The largest absolute Gasteiger partial charge is 0.355 e. The smallest absolute Gasteiger partial charge is 0.0765 e. The molecule has 0 unspecified atom stereocenters. The third kappa shape index (κ3) is 9.63. The van der Waals surface area contributed by atoms with Crippen molar-refractivity contribution in [3.05, 3.63) is 138 Å². The zero-order valence-corrected chi connectivity index (χ0v) is 52.7. The Bertz CT molecular complexity index is 3790. The quantitative estimate of drug-likeness (QED) is 0.0686. The first-order valence-electron chi connectivity index (χ1n) is 32.1. The summed E-state index contributed by atoms with van der Waals surface area (Å²) in [6, 6.07) is 14.2. The van der Waals surface area contributed by atoms with Gasteiger partial charge >= 0.3 is 0 Å². The van der Waals surface area contributed by atoms with Crippen molar-refractivity contribution >= 4 is 101 Å². The van der Waals surface area contributed by atoms with E-state index in [1.807, 2.05) is 0 Å². The number of hydrogen-bond acceptors (Lipinski definition) is 4. The first-order chi connectivity index (χ1) is 39.9. The molecular formula is C74H92N8. The number of H-pyrrole nitrogens is 4. The molecule has 0 saturated heterocycles. The van der Waals surface area contributed by atoms with E-state index < -0.39 is 0 Å². The minimum Gasteiger partial charge on any atom is -0.355 e. The number of nitrogens with zero attached hydrogens (tertiary/aromatic N) is 4. The van der Waals surface area contributed by atoms with Gasteiger partial charge in [0.1, 0.15) is 0 Å². The molecule has 0 atom stereocenters. The highest BCUT2D eigenvalue weighted by molar-refractivity contribution is 6.03. The van der Waals surface area contributed by atoms with Gasteiger partial charge in [-0.3, -0.25) is 0 Å². The lowest BCUT2D eigenvalue weighted by Gasteiger charge is -2.09. The van der Waals surface area contributed by atoms with Crippen molar-refractivity contribution in [2.45, 2.75) is 214 Å². The Morgan fingerprint density at radius 3 is 0.683 bits per heavy atom. The molecule has 6 aromatic rings. The van der Waals surface area contributed by atoms with Crippen molar-refractivity contribution in [1.29, 1.82) is 0 Å². The lowest BCUT2D eigenvalue weighted by Crippen LogP contribution is -1.94. The number of aromatic amines is 4. The van der Waals surface area contributed by atoms with E-state index in [1.54, 1.807) is 0 Å². The Labute approximate surface area is 489 Å². The monoisotopic (exact) mass is 1090 g/mol. The van der Waals surface area contributed by atoms with Crippen LogP contribution in [0.5, 0.6) is 0 Å². The maximum Gasteiger partial charge on any atom is 0.0765 e. The highest BCUT2D eigenvalue weighted by Crippen LogP contribution is 2.44. The van der Waals surface area contributed by atoms with E-state index in [0.717, 1.165) is 204 Å². The van der Waals surface area contributed by atoms with E-state index in [4.69, 9.17) is 19.9 Å².